The molecular weight excluding hydrogens is 186 g/mol. The lowest BCUT2D eigenvalue weighted by molar-refractivity contribution is 0.979. The molecule has 0 fully saturated rings. The average molecular weight is 197 g/mol. The second-order valence-corrected chi connectivity index (χ2v) is 3.54. The van der Waals surface area contributed by atoms with Crippen molar-refractivity contribution in [2.24, 2.45) is 5.73 Å². The Morgan fingerprint density at radius 2 is 2.00 bits per heavy atom. The number of aromatic nitrogens is 2. The van der Waals surface area contributed by atoms with E-state index in [2.05, 4.69) is 27.6 Å². The van der Waals surface area contributed by atoms with Gasteiger partial charge in [-0.05, 0) is 23.6 Å². The summed E-state index contributed by atoms with van der Waals surface area (Å²) >= 11 is 0. The van der Waals surface area contributed by atoms with Gasteiger partial charge in [-0.25, -0.2) is 4.98 Å². The third-order valence-electron chi connectivity index (χ3n) is 2.66. The number of nitrogens with two attached hydrogens (primary N) is 1. The Bertz CT molecular complexity index is 625. The molecule has 0 bridgehead atoms. The van der Waals surface area contributed by atoms with Gasteiger partial charge in [0.05, 0.1) is 17.4 Å². The third-order valence-corrected chi connectivity index (χ3v) is 2.66. The first-order valence-electron chi connectivity index (χ1n) is 4.94. The number of pyridine rings is 1. The summed E-state index contributed by atoms with van der Waals surface area (Å²) in [7, 11) is 0. The summed E-state index contributed by atoms with van der Waals surface area (Å²) in [4.78, 5) is 4.32. The van der Waals surface area contributed by atoms with Crippen molar-refractivity contribution in [2.75, 3.05) is 0 Å². The molecule has 0 amide bonds. The van der Waals surface area contributed by atoms with Crippen LogP contribution in [0.25, 0.3) is 16.6 Å². The molecule has 0 aliphatic heterocycles. The van der Waals surface area contributed by atoms with Gasteiger partial charge in [0.25, 0.3) is 0 Å². The summed E-state index contributed by atoms with van der Waals surface area (Å²) in [5, 5.41) is 1.21. The van der Waals surface area contributed by atoms with Gasteiger partial charge in [0.15, 0.2) is 0 Å². The summed E-state index contributed by atoms with van der Waals surface area (Å²) in [5.74, 6) is 0. The lowest BCUT2D eigenvalue weighted by Crippen LogP contribution is -2.01. The molecule has 0 saturated heterocycles. The van der Waals surface area contributed by atoms with Crippen LogP contribution in [0, 0.1) is 0 Å². The fourth-order valence-corrected chi connectivity index (χ4v) is 1.94. The Morgan fingerprint density at radius 1 is 1.13 bits per heavy atom. The molecule has 0 atom stereocenters. The minimum absolute atomic E-state index is 0.509. The summed E-state index contributed by atoms with van der Waals surface area (Å²) in [6, 6.07) is 12.3. The molecule has 0 unspecified atom stereocenters. The normalized spacial score (nSPS) is 11.3. The maximum atomic E-state index is 5.69. The first-order chi connectivity index (χ1) is 7.40. The first-order valence-corrected chi connectivity index (χ1v) is 4.94. The topological polar surface area (TPSA) is 43.3 Å². The SMILES string of the molecule is NCc1cnc2ccc3ccccc3n12. The van der Waals surface area contributed by atoms with Crippen molar-refractivity contribution in [3.05, 3.63) is 48.3 Å². The van der Waals surface area contributed by atoms with Gasteiger partial charge in [0, 0.05) is 6.54 Å². The number of benzene rings is 1. The average Bonchev–Trinajstić information content (AvgIpc) is 2.72. The van der Waals surface area contributed by atoms with E-state index in [1.165, 1.54) is 5.39 Å². The van der Waals surface area contributed by atoms with Crippen molar-refractivity contribution >= 4 is 16.6 Å². The molecule has 2 heterocycles. The van der Waals surface area contributed by atoms with Gasteiger partial charge in [-0.2, -0.15) is 0 Å². The van der Waals surface area contributed by atoms with Crippen molar-refractivity contribution in [1.29, 1.82) is 0 Å². The van der Waals surface area contributed by atoms with E-state index >= 15 is 0 Å². The minimum atomic E-state index is 0.509. The summed E-state index contributed by atoms with van der Waals surface area (Å²) in [5.41, 5.74) is 8.85. The molecule has 0 aliphatic carbocycles. The second-order valence-electron chi connectivity index (χ2n) is 3.54. The Morgan fingerprint density at radius 3 is 2.87 bits per heavy atom. The van der Waals surface area contributed by atoms with Crippen molar-refractivity contribution in [1.82, 2.24) is 9.38 Å². The zero-order valence-corrected chi connectivity index (χ0v) is 8.22. The highest BCUT2D eigenvalue weighted by Gasteiger charge is 2.04. The maximum absolute atomic E-state index is 5.69. The smallest absolute Gasteiger partial charge is 0.137 e. The van der Waals surface area contributed by atoms with Crippen LogP contribution in [-0.2, 0) is 6.54 Å². The standard InChI is InChI=1S/C12H11N3/c13-7-10-8-14-12-6-5-9-3-1-2-4-11(9)15(10)12/h1-6,8H,7,13H2. The Kier molecular flexibility index (Phi) is 1.73. The quantitative estimate of drug-likeness (QED) is 0.648. The van der Waals surface area contributed by atoms with Crippen LogP contribution in [0.4, 0.5) is 0 Å². The van der Waals surface area contributed by atoms with Crippen molar-refractivity contribution in [3.63, 3.8) is 0 Å². The predicted octanol–water partition coefficient (Wildman–Crippen LogP) is 1.95. The first kappa shape index (κ1) is 8.44. The molecule has 2 aromatic heterocycles. The van der Waals surface area contributed by atoms with Gasteiger partial charge in [0.2, 0.25) is 0 Å². The summed E-state index contributed by atoms with van der Waals surface area (Å²) in [6.07, 6.45) is 1.84. The van der Waals surface area contributed by atoms with Crippen LogP contribution in [0.1, 0.15) is 5.69 Å². The van der Waals surface area contributed by atoms with E-state index in [4.69, 9.17) is 5.73 Å². The van der Waals surface area contributed by atoms with E-state index in [1.54, 1.807) is 0 Å². The minimum Gasteiger partial charge on any atom is -0.325 e. The fourth-order valence-electron chi connectivity index (χ4n) is 1.94. The number of hydrogen-bond acceptors (Lipinski definition) is 2. The van der Waals surface area contributed by atoms with E-state index in [9.17, 15) is 0 Å². The van der Waals surface area contributed by atoms with Crippen LogP contribution in [0.15, 0.2) is 42.6 Å². The molecule has 3 heteroatoms. The molecule has 3 nitrogen and oxygen atoms in total. The summed E-state index contributed by atoms with van der Waals surface area (Å²) < 4.78 is 2.11. The zero-order valence-electron chi connectivity index (χ0n) is 8.22. The third kappa shape index (κ3) is 1.13. The molecule has 1 aromatic carbocycles. The molecule has 0 aliphatic rings. The van der Waals surface area contributed by atoms with Gasteiger partial charge < -0.3 is 5.73 Å². The van der Waals surface area contributed by atoms with E-state index in [0.29, 0.717) is 6.54 Å². The predicted molar refractivity (Wildman–Crippen MR) is 60.6 cm³/mol. The van der Waals surface area contributed by atoms with Gasteiger partial charge in [0.1, 0.15) is 5.65 Å². The second kappa shape index (κ2) is 3.07. The highest BCUT2D eigenvalue weighted by molar-refractivity contribution is 5.82. The molecule has 3 aromatic rings. The number of fused-ring (bicyclic) bond motifs is 3. The lowest BCUT2D eigenvalue weighted by atomic mass is 10.2. The van der Waals surface area contributed by atoms with E-state index in [1.807, 2.05) is 24.4 Å². The van der Waals surface area contributed by atoms with E-state index in [-0.39, 0.29) is 0 Å². The van der Waals surface area contributed by atoms with E-state index < -0.39 is 0 Å². The molecule has 0 saturated carbocycles. The van der Waals surface area contributed by atoms with Crippen LogP contribution in [-0.4, -0.2) is 9.38 Å². The Labute approximate surface area is 87.2 Å². The lowest BCUT2D eigenvalue weighted by Gasteiger charge is -2.04. The van der Waals surface area contributed by atoms with Gasteiger partial charge in [-0.15, -0.1) is 0 Å². The van der Waals surface area contributed by atoms with Crippen LogP contribution >= 0.6 is 0 Å². The number of rotatable bonds is 1. The van der Waals surface area contributed by atoms with Crippen LogP contribution in [0.5, 0.6) is 0 Å². The highest BCUT2D eigenvalue weighted by Crippen LogP contribution is 2.17. The van der Waals surface area contributed by atoms with Crippen LogP contribution < -0.4 is 5.73 Å². The van der Waals surface area contributed by atoms with Crippen LogP contribution in [0.2, 0.25) is 0 Å². The maximum Gasteiger partial charge on any atom is 0.137 e. The molecule has 3 rings (SSSR count). The molecule has 2 N–H and O–H groups in total. The Balaban J connectivity index is 2.56. The van der Waals surface area contributed by atoms with Gasteiger partial charge in [-0.3, -0.25) is 4.40 Å². The number of hydrogen-bond donors (Lipinski definition) is 1. The summed E-state index contributed by atoms with van der Waals surface area (Å²) in [6.45, 7) is 0.509. The molecule has 0 spiro atoms. The number of imidazole rings is 1. The van der Waals surface area contributed by atoms with Crippen LogP contribution in [0.3, 0.4) is 0 Å². The largest absolute Gasteiger partial charge is 0.325 e. The molecule has 15 heavy (non-hydrogen) atoms. The van der Waals surface area contributed by atoms with Gasteiger partial charge in [-0.1, -0.05) is 18.2 Å². The van der Waals surface area contributed by atoms with Crippen molar-refractivity contribution in [2.45, 2.75) is 6.54 Å². The molecule has 74 valence electrons. The zero-order chi connectivity index (χ0) is 10.3. The Hall–Kier alpha value is -1.87. The van der Waals surface area contributed by atoms with Crippen molar-refractivity contribution in [3.8, 4) is 0 Å². The highest BCUT2D eigenvalue weighted by atomic mass is 15.0. The fraction of sp³-hybridized carbons (Fsp3) is 0.0833. The van der Waals surface area contributed by atoms with E-state index in [0.717, 1.165) is 16.9 Å². The van der Waals surface area contributed by atoms with Crippen molar-refractivity contribution < 1.29 is 0 Å². The number of nitrogens with zero attached hydrogens (tertiary/aromatic N) is 2. The monoisotopic (exact) mass is 197 g/mol. The number of para-hydroxylation sites is 1. The van der Waals surface area contributed by atoms with Gasteiger partial charge >= 0.3 is 0 Å². The molecular formula is C12H11N3. The molecule has 0 radical (unpaired) electrons.